The molecule has 0 bridgehead atoms. The largest absolute Gasteiger partial charge is 0.493 e. The van der Waals surface area contributed by atoms with Crippen LogP contribution in [0.5, 0.6) is 11.5 Å². The molecule has 0 aliphatic carbocycles. The molecule has 0 heterocycles. The van der Waals surface area contributed by atoms with E-state index in [2.05, 4.69) is 21.2 Å². The lowest BCUT2D eigenvalue weighted by molar-refractivity contribution is 0.102. The second-order valence-electron chi connectivity index (χ2n) is 4.50. The molecule has 0 saturated heterocycles. The molecule has 0 aromatic heterocycles. The summed E-state index contributed by atoms with van der Waals surface area (Å²) in [6.07, 6.45) is 0. The molecule has 4 nitrogen and oxygen atoms in total. The zero-order valence-corrected chi connectivity index (χ0v) is 14.8. The van der Waals surface area contributed by atoms with Crippen molar-refractivity contribution in [2.24, 2.45) is 0 Å². The number of amides is 1. The minimum Gasteiger partial charge on any atom is -0.493 e. The Morgan fingerprint density at radius 1 is 1.35 bits per heavy atom. The van der Waals surface area contributed by atoms with Crippen LogP contribution in [0.4, 0.5) is 10.1 Å². The van der Waals surface area contributed by atoms with Gasteiger partial charge in [0.1, 0.15) is 5.82 Å². The minimum atomic E-state index is -0.570. The van der Waals surface area contributed by atoms with E-state index >= 15 is 0 Å². The first kappa shape index (κ1) is 17.6. The molecule has 23 heavy (non-hydrogen) atoms. The lowest BCUT2D eigenvalue weighted by Crippen LogP contribution is -2.13. The van der Waals surface area contributed by atoms with Gasteiger partial charge in [-0.05, 0) is 53.2 Å². The Balaban J connectivity index is 2.32. The predicted octanol–water partition coefficient (Wildman–Crippen LogP) is 4.90. The molecule has 0 atom stereocenters. The van der Waals surface area contributed by atoms with E-state index in [0.29, 0.717) is 27.6 Å². The third kappa shape index (κ3) is 4.14. The number of nitrogens with one attached hydrogen (secondary N) is 1. The van der Waals surface area contributed by atoms with Crippen molar-refractivity contribution >= 4 is 39.1 Å². The van der Waals surface area contributed by atoms with Crippen molar-refractivity contribution in [1.82, 2.24) is 0 Å². The highest BCUT2D eigenvalue weighted by Gasteiger charge is 2.16. The molecule has 0 spiro atoms. The third-order valence-electron chi connectivity index (χ3n) is 2.96. The standard InChI is InChI=1S/C16H14BrClFNO3/c1-3-23-15-11(17)6-9(7-14(15)22-2)16(21)20-13-8-10(18)4-5-12(13)19/h4-8H,3H2,1-2H3,(H,20,21). The first-order chi connectivity index (χ1) is 11.0. The van der Waals surface area contributed by atoms with Gasteiger partial charge in [-0.2, -0.15) is 0 Å². The van der Waals surface area contributed by atoms with Crippen LogP contribution in [0.15, 0.2) is 34.8 Å². The monoisotopic (exact) mass is 401 g/mol. The molecule has 0 saturated carbocycles. The van der Waals surface area contributed by atoms with Gasteiger partial charge < -0.3 is 14.8 Å². The predicted molar refractivity (Wildman–Crippen MR) is 91.2 cm³/mol. The number of carbonyl (C=O) groups excluding carboxylic acids is 1. The van der Waals surface area contributed by atoms with Gasteiger partial charge in [0.2, 0.25) is 0 Å². The number of carbonyl (C=O) groups is 1. The van der Waals surface area contributed by atoms with Crippen molar-refractivity contribution in [2.75, 3.05) is 19.0 Å². The fraction of sp³-hybridized carbons (Fsp3) is 0.188. The van der Waals surface area contributed by atoms with Gasteiger partial charge in [-0.15, -0.1) is 0 Å². The summed E-state index contributed by atoms with van der Waals surface area (Å²) >= 11 is 9.15. The van der Waals surface area contributed by atoms with Gasteiger partial charge in [0.05, 0.1) is 23.9 Å². The van der Waals surface area contributed by atoms with E-state index in [0.717, 1.165) is 0 Å². The molecule has 7 heteroatoms. The van der Waals surface area contributed by atoms with Crippen LogP contribution in [0, 0.1) is 5.82 Å². The second-order valence-corrected chi connectivity index (χ2v) is 5.79. The maximum atomic E-state index is 13.7. The second kappa shape index (κ2) is 7.66. The number of methoxy groups -OCH3 is 1. The summed E-state index contributed by atoms with van der Waals surface area (Å²) in [6.45, 7) is 2.29. The van der Waals surface area contributed by atoms with Crippen LogP contribution in [0.25, 0.3) is 0 Å². The van der Waals surface area contributed by atoms with Crippen molar-refractivity contribution < 1.29 is 18.7 Å². The van der Waals surface area contributed by atoms with E-state index in [1.807, 2.05) is 6.92 Å². The molecule has 1 N–H and O–H groups in total. The van der Waals surface area contributed by atoms with E-state index in [1.54, 1.807) is 6.07 Å². The van der Waals surface area contributed by atoms with Crippen molar-refractivity contribution in [2.45, 2.75) is 6.92 Å². The quantitative estimate of drug-likeness (QED) is 0.774. The van der Waals surface area contributed by atoms with E-state index in [4.69, 9.17) is 21.1 Å². The summed E-state index contributed by atoms with van der Waals surface area (Å²) in [6, 6.07) is 7.03. The molecule has 2 aromatic carbocycles. The lowest BCUT2D eigenvalue weighted by Gasteiger charge is -2.13. The molecule has 0 radical (unpaired) electrons. The third-order valence-corrected chi connectivity index (χ3v) is 3.78. The van der Waals surface area contributed by atoms with Crippen LogP contribution < -0.4 is 14.8 Å². The first-order valence-corrected chi connectivity index (χ1v) is 7.90. The first-order valence-electron chi connectivity index (χ1n) is 6.73. The highest BCUT2D eigenvalue weighted by Crippen LogP contribution is 2.37. The molecule has 2 aromatic rings. The number of hydrogen-bond acceptors (Lipinski definition) is 3. The number of rotatable bonds is 5. The molecular weight excluding hydrogens is 389 g/mol. The fourth-order valence-corrected chi connectivity index (χ4v) is 2.65. The molecule has 0 fully saturated rings. The zero-order chi connectivity index (χ0) is 17.0. The molecule has 2 rings (SSSR count). The molecule has 122 valence electrons. The van der Waals surface area contributed by atoms with Gasteiger partial charge in [0.25, 0.3) is 5.91 Å². The summed E-state index contributed by atoms with van der Waals surface area (Å²) in [5.41, 5.74) is 0.294. The molecule has 0 aliphatic heterocycles. The molecule has 0 unspecified atom stereocenters. The number of hydrogen-bond donors (Lipinski definition) is 1. The highest BCUT2D eigenvalue weighted by atomic mass is 79.9. The summed E-state index contributed by atoms with van der Waals surface area (Å²) in [5.74, 6) is -0.161. The topological polar surface area (TPSA) is 47.6 Å². The van der Waals surface area contributed by atoms with Gasteiger partial charge in [-0.1, -0.05) is 11.6 Å². The summed E-state index contributed by atoms with van der Waals surface area (Å²) < 4.78 is 25.0. The highest BCUT2D eigenvalue weighted by molar-refractivity contribution is 9.10. The smallest absolute Gasteiger partial charge is 0.255 e. The molecular formula is C16H14BrClFNO3. The molecule has 0 aliphatic rings. The van der Waals surface area contributed by atoms with Gasteiger partial charge in [-0.3, -0.25) is 4.79 Å². The molecule has 1 amide bonds. The Bertz CT molecular complexity index is 740. The van der Waals surface area contributed by atoms with Crippen LogP contribution in [0.3, 0.4) is 0 Å². The lowest BCUT2D eigenvalue weighted by atomic mass is 10.1. The zero-order valence-electron chi connectivity index (χ0n) is 12.5. The van der Waals surface area contributed by atoms with Crippen LogP contribution in [0.1, 0.15) is 17.3 Å². The van der Waals surface area contributed by atoms with Crippen molar-refractivity contribution in [3.05, 3.63) is 51.2 Å². The van der Waals surface area contributed by atoms with E-state index in [-0.39, 0.29) is 11.3 Å². The van der Waals surface area contributed by atoms with Gasteiger partial charge in [0.15, 0.2) is 11.5 Å². The minimum absolute atomic E-state index is 0.00599. The Labute approximate surface area is 146 Å². The van der Waals surface area contributed by atoms with Crippen LogP contribution in [0.2, 0.25) is 5.02 Å². The Hall–Kier alpha value is -1.79. The van der Waals surface area contributed by atoms with Crippen LogP contribution in [-0.4, -0.2) is 19.6 Å². The average molecular weight is 403 g/mol. The Kier molecular flexibility index (Phi) is 5.85. The van der Waals surface area contributed by atoms with E-state index in [9.17, 15) is 9.18 Å². The Morgan fingerprint density at radius 3 is 2.74 bits per heavy atom. The SMILES string of the molecule is CCOc1c(Br)cc(C(=O)Nc2cc(Cl)ccc2F)cc1OC. The summed E-state index contributed by atoms with van der Waals surface area (Å²) in [5, 5.41) is 2.81. The van der Waals surface area contributed by atoms with Gasteiger partial charge in [-0.25, -0.2) is 4.39 Å². The number of ether oxygens (including phenoxy) is 2. The van der Waals surface area contributed by atoms with Crippen molar-refractivity contribution in [3.63, 3.8) is 0 Å². The summed E-state index contributed by atoms with van der Waals surface area (Å²) in [7, 11) is 1.47. The van der Waals surface area contributed by atoms with E-state index in [1.165, 1.54) is 31.4 Å². The number of halogens is 3. The van der Waals surface area contributed by atoms with Crippen LogP contribution >= 0.6 is 27.5 Å². The van der Waals surface area contributed by atoms with Crippen molar-refractivity contribution in [1.29, 1.82) is 0 Å². The van der Waals surface area contributed by atoms with Crippen molar-refractivity contribution in [3.8, 4) is 11.5 Å². The maximum absolute atomic E-state index is 13.7. The Morgan fingerprint density at radius 2 is 2.09 bits per heavy atom. The number of benzene rings is 2. The number of anilines is 1. The fourth-order valence-electron chi connectivity index (χ4n) is 1.92. The normalized spacial score (nSPS) is 10.3. The van der Waals surface area contributed by atoms with Gasteiger partial charge >= 0.3 is 0 Å². The maximum Gasteiger partial charge on any atom is 0.255 e. The van der Waals surface area contributed by atoms with E-state index < -0.39 is 11.7 Å². The van der Waals surface area contributed by atoms with Crippen LogP contribution in [-0.2, 0) is 0 Å². The van der Waals surface area contributed by atoms with Gasteiger partial charge in [0, 0.05) is 10.6 Å². The average Bonchev–Trinajstić information content (AvgIpc) is 2.52. The summed E-state index contributed by atoms with van der Waals surface area (Å²) in [4.78, 5) is 12.3.